The van der Waals surface area contributed by atoms with Gasteiger partial charge in [0.2, 0.25) is 0 Å². The van der Waals surface area contributed by atoms with Gasteiger partial charge in [-0.15, -0.1) is 0 Å². The van der Waals surface area contributed by atoms with Crippen LogP contribution in [0.5, 0.6) is 0 Å². The largest absolute Gasteiger partial charge is 0.393 e. The summed E-state index contributed by atoms with van der Waals surface area (Å²) in [7, 11) is 0. The summed E-state index contributed by atoms with van der Waals surface area (Å²) in [5.74, 6) is 0.191. The monoisotopic (exact) mass is 214 g/mol. The van der Waals surface area contributed by atoms with E-state index >= 15 is 0 Å². The van der Waals surface area contributed by atoms with Crippen LogP contribution < -0.4 is 0 Å². The van der Waals surface area contributed by atoms with E-state index in [9.17, 15) is 5.11 Å². The minimum atomic E-state index is -0.259. The molecule has 16 heavy (non-hydrogen) atoms. The first-order valence-electron chi connectivity index (χ1n) is 5.89. The second-order valence-corrected chi connectivity index (χ2v) is 4.33. The molecule has 0 spiro atoms. The van der Waals surface area contributed by atoms with Crippen LogP contribution in [-0.4, -0.2) is 11.2 Å². The van der Waals surface area contributed by atoms with Gasteiger partial charge in [0.25, 0.3) is 0 Å². The van der Waals surface area contributed by atoms with Gasteiger partial charge in [0.05, 0.1) is 6.10 Å². The highest BCUT2D eigenvalue weighted by molar-refractivity contribution is 5.86. The molecule has 0 saturated heterocycles. The summed E-state index contributed by atoms with van der Waals surface area (Å²) in [5.41, 5.74) is 1.24. The SMILES string of the molecule is CCC(O)C(C)c1cccc2ccccc12. The highest BCUT2D eigenvalue weighted by Gasteiger charge is 2.16. The van der Waals surface area contributed by atoms with Crippen molar-refractivity contribution in [3.05, 3.63) is 48.0 Å². The summed E-state index contributed by atoms with van der Waals surface area (Å²) < 4.78 is 0. The van der Waals surface area contributed by atoms with Crippen molar-refractivity contribution in [1.29, 1.82) is 0 Å². The molecule has 0 bridgehead atoms. The van der Waals surface area contributed by atoms with Crippen molar-refractivity contribution < 1.29 is 5.11 Å². The average molecular weight is 214 g/mol. The summed E-state index contributed by atoms with van der Waals surface area (Å²) in [4.78, 5) is 0. The van der Waals surface area contributed by atoms with Gasteiger partial charge in [-0.3, -0.25) is 0 Å². The molecule has 84 valence electrons. The van der Waals surface area contributed by atoms with Gasteiger partial charge < -0.3 is 5.11 Å². The third-order valence-corrected chi connectivity index (χ3v) is 3.31. The Morgan fingerprint density at radius 2 is 1.75 bits per heavy atom. The maximum Gasteiger partial charge on any atom is 0.0603 e. The Balaban J connectivity index is 2.52. The van der Waals surface area contributed by atoms with Crippen LogP contribution in [0.1, 0.15) is 31.7 Å². The van der Waals surface area contributed by atoms with Crippen LogP contribution in [-0.2, 0) is 0 Å². The third-order valence-electron chi connectivity index (χ3n) is 3.31. The van der Waals surface area contributed by atoms with E-state index in [0.717, 1.165) is 6.42 Å². The minimum absolute atomic E-state index is 0.191. The standard InChI is InChI=1S/C15H18O/c1-3-15(16)11(2)13-10-6-8-12-7-4-5-9-14(12)13/h4-11,15-16H,3H2,1-2H3. The molecule has 0 fully saturated rings. The Morgan fingerprint density at radius 3 is 2.50 bits per heavy atom. The van der Waals surface area contributed by atoms with Gasteiger partial charge in [-0.1, -0.05) is 56.3 Å². The van der Waals surface area contributed by atoms with Crippen LogP contribution in [0, 0.1) is 0 Å². The number of fused-ring (bicyclic) bond motifs is 1. The van der Waals surface area contributed by atoms with Gasteiger partial charge in [-0.2, -0.15) is 0 Å². The fourth-order valence-corrected chi connectivity index (χ4v) is 2.21. The van der Waals surface area contributed by atoms with Crippen LogP contribution in [0.15, 0.2) is 42.5 Å². The van der Waals surface area contributed by atoms with Gasteiger partial charge in [-0.05, 0) is 22.8 Å². The second-order valence-electron chi connectivity index (χ2n) is 4.33. The molecule has 0 radical (unpaired) electrons. The Morgan fingerprint density at radius 1 is 1.06 bits per heavy atom. The third kappa shape index (κ3) is 1.96. The number of hydrogen-bond acceptors (Lipinski definition) is 1. The van der Waals surface area contributed by atoms with Gasteiger partial charge >= 0.3 is 0 Å². The number of rotatable bonds is 3. The summed E-state index contributed by atoms with van der Waals surface area (Å²) in [6.45, 7) is 4.11. The molecule has 2 rings (SSSR count). The maximum absolute atomic E-state index is 9.94. The van der Waals surface area contributed by atoms with E-state index < -0.39 is 0 Å². The average Bonchev–Trinajstić information content (AvgIpc) is 2.36. The number of aliphatic hydroxyl groups is 1. The molecule has 0 aliphatic rings. The van der Waals surface area contributed by atoms with Gasteiger partial charge in [0.1, 0.15) is 0 Å². The molecular formula is C15H18O. The van der Waals surface area contributed by atoms with Crippen molar-refractivity contribution >= 4 is 10.8 Å². The topological polar surface area (TPSA) is 20.2 Å². The number of hydrogen-bond donors (Lipinski definition) is 1. The summed E-state index contributed by atoms with van der Waals surface area (Å²) in [5, 5.41) is 12.4. The molecule has 0 heterocycles. The lowest BCUT2D eigenvalue weighted by Crippen LogP contribution is -2.14. The highest BCUT2D eigenvalue weighted by atomic mass is 16.3. The first kappa shape index (κ1) is 11.2. The summed E-state index contributed by atoms with van der Waals surface area (Å²) in [6, 6.07) is 14.6. The van der Waals surface area contributed by atoms with Crippen LogP contribution in [0.3, 0.4) is 0 Å². The van der Waals surface area contributed by atoms with Crippen molar-refractivity contribution in [3.63, 3.8) is 0 Å². The molecule has 2 aromatic rings. The Kier molecular flexibility index (Phi) is 3.25. The molecule has 1 nitrogen and oxygen atoms in total. The van der Waals surface area contributed by atoms with Crippen LogP contribution in [0.25, 0.3) is 10.8 Å². The Labute approximate surface area is 96.7 Å². The molecule has 2 unspecified atom stereocenters. The van der Waals surface area contributed by atoms with Crippen molar-refractivity contribution in [2.24, 2.45) is 0 Å². The molecule has 0 aliphatic heterocycles. The van der Waals surface area contributed by atoms with E-state index in [-0.39, 0.29) is 12.0 Å². The van der Waals surface area contributed by atoms with E-state index in [2.05, 4.69) is 43.3 Å². The number of aliphatic hydroxyl groups excluding tert-OH is 1. The first-order chi connectivity index (χ1) is 7.74. The lowest BCUT2D eigenvalue weighted by molar-refractivity contribution is 0.145. The van der Waals surface area contributed by atoms with Crippen LogP contribution >= 0.6 is 0 Å². The minimum Gasteiger partial charge on any atom is -0.393 e. The van der Waals surface area contributed by atoms with Gasteiger partial charge in [-0.25, -0.2) is 0 Å². The molecule has 2 atom stereocenters. The lowest BCUT2D eigenvalue weighted by Gasteiger charge is -2.19. The quantitative estimate of drug-likeness (QED) is 0.825. The van der Waals surface area contributed by atoms with E-state index in [1.165, 1.54) is 16.3 Å². The normalized spacial score (nSPS) is 14.9. The second kappa shape index (κ2) is 4.67. The predicted molar refractivity (Wildman–Crippen MR) is 68.7 cm³/mol. The molecule has 0 aromatic heterocycles. The zero-order chi connectivity index (χ0) is 11.5. The molecule has 0 amide bonds. The van der Waals surface area contributed by atoms with Crippen molar-refractivity contribution in [2.45, 2.75) is 32.3 Å². The zero-order valence-electron chi connectivity index (χ0n) is 9.85. The van der Waals surface area contributed by atoms with Crippen LogP contribution in [0.2, 0.25) is 0 Å². The van der Waals surface area contributed by atoms with Crippen molar-refractivity contribution in [2.75, 3.05) is 0 Å². The Hall–Kier alpha value is -1.34. The Bertz CT molecular complexity index is 470. The highest BCUT2D eigenvalue weighted by Crippen LogP contribution is 2.28. The molecule has 0 aliphatic carbocycles. The van der Waals surface area contributed by atoms with E-state index in [4.69, 9.17) is 0 Å². The maximum atomic E-state index is 9.94. The predicted octanol–water partition coefficient (Wildman–Crippen LogP) is 3.71. The lowest BCUT2D eigenvalue weighted by atomic mass is 9.90. The number of benzene rings is 2. The summed E-state index contributed by atoms with van der Waals surface area (Å²) >= 11 is 0. The zero-order valence-corrected chi connectivity index (χ0v) is 9.85. The molecule has 2 aromatic carbocycles. The van der Waals surface area contributed by atoms with Gasteiger partial charge in [0.15, 0.2) is 0 Å². The van der Waals surface area contributed by atoms with E-state index in [1.54, 1.807) is 0 Å². The summed E-state index contributed by atoms with van der Waals surface area (Å²) in [6.07, 6.45) is 0.538. The van der Waals surface area contributed by atoms with Crippen LogP contribution in [0.4, 0.5) is 0 Å². The fraction of sp³-hybridized carbons (Fsp3) is 0.333. The molecule has 1 heteroatoms. The smallest absolute Gasteiger partial charge is 0.0603 e. The first-order valence-corrected chi connectivity index (χ1v) is 5.89. The van der Waals surface area contributed by atoms with Gasteiger partial charge in [0, 0.05) is 5.92 Å². The van der Waals surface area contributed by atoms with Crippen molar-refractivity contribution in [3.8, 4) is 0 Å². The molecular weight excluding hydrogens is 196 g/mol. The molecule has 1 N–H and O–H groups in total. The van der Waals surface area contributed by atoms with E-state index in [1.807, 2.05) is 13.0 Å². The fourth-order valence-electron chi connectivity index (χ4n) is 2.21. The molecule has 0 saturated carbocycles. The van der Waals surface area contributed by atoms with Crippen molar-refractivity contribution in [1.82, 2.24) is 0 Å². The van der Waals surface area contributed by atoms with E-state index in [0.29, 0.717) is 0 Å².